The second-order valence-corrected chi connectivity index (χ2v) is 17.1. The molecule has 0 aliphatic carbocycles. The maximum atomic E-state index is 2.47. The van der Waals surface area contributed by atoms with Crippen LogP contribution in [-0.2, 0) is 0 Å². The van der Waals surface area contributed by atoms with Gasteiger partial charge in [-0.1, -0.05) is 182 Å². The fraction of sp³-hybridized carbons (Fsp3) is 0. The lowest BCUT2D eigenvalue weighted by molar-refractivity contribution is 1.31. The summed E-state index contributed by atoms with van der Waals surface area (Å²) >= 11 is 1.86. The number of hydrogen-bond acceptors (Lipinski definition) is 2. The molecule has 0 bridgehead atoms. The van der Waals surface area contributed by atoms with Crippen LogP contribution in [-0.4, -0.2) is 0 Å². The van der Waals surface area contributed by atoms with Crippen LogP contribution in [0, 0.1) is 0 Å². The van der Waals surface area contributed by atoms with E-state index in [1.165, 1.54) is 103 Å². The Morgan fingerprint density at radius 1 is 0.274 bits per heavy atom. The largest absolute Gasteiger partial charge is 0.310 e. The summed E-state index contributed by atoms with van der Waals surface area (Å²) in [4.78, 5) is 2.47. The Balaban J connectivity index is 1.07. The van der Waals surface area contributed by atoms with Gasteiger partial charge in [-0.2, -0.15) is 0 Å². The highest BCUT2D eigenvalue weighted by Gasteiger charge is 2.21. The van der Waals surface area contributed by atoms with Crippen LogP contribution in [0.1, 0.15) is 0 Å². The lowest BCUT2D eigenvalue weighted by Crippen LogP contribution is -2.10. The van der Waals surface area contributed by atoms with E-state index >= 15 is 0 Å². The summed E-state index contributed by atoms with van der Waals surface area (Å²) in [6, 6.07) is 86.8. The third-order valence-electron chi connectivity index (χ3n) is 12.4. The Hall–Kier alpha value is -7.78. The van der Waals surface area contributed by atoms with Gasteiger partial charge in [-0.15, -0.1) is 11.3 Å². The number of benzene rings is 11. The lowest BCUT2D eigenvalue weighted by Gasteiger charge is -2.27. The van der Waals surface area contributed by atoms with Crippen molar-refractivity contribution < 1.29 is 0 Å². The third-order valence-corrected chi connectivity index (χ3v) is 13.5. The second-order valence-electron chi connectivity index (χ2n) is 16.0. The summed E-state index contributed by atoms with van der Waals surface area (Å²) in [6.45, 7) is 0. The van der Waals surface area contributed by atoms with Gasteiger partial charge in [0.15, 0.2) is 0 Å². The van der Waals surface area contributed by atoms with E-state index in [9.17, 15) is 0 Å². The van der Waals surface area contributed by atoms with Gasteiger partial charge in [-0.3, -0.25) is 0 Å². The molecule has 0 amide bonds. The fourth-order valence-electron chi connectivity index (χ4n) is 9.56. The molecule has 62 heavy (non-hydrogen) atoms. The van der Waals surface area contributed by atoms with Crippen molar-refractivity contribution in [3.8, 4) is 44.5 Å². The molecule has 2 heteroatoms. The zero-order valence-electron chi connectivity index (χ0n) is 33.9. The number of thiophene rings is 1. The molecule has 0 saturated carbocycles. The Labute approximate surface area is 365 Å². The molecule has 0 N–H and O–H groups in total. The molecule has 11 aromatic carbocycles. The highest BCUT2D eigenvalue weighted by molar-refractivity contribution is 7.26. The Kier molecular flexibility index (Phi) is 8.76. The van der Waals surface area contributed by atoms with Crippen molar-refractivity contribution >= 4 is 80.9 Å². The Bertz CT molecular complexity index is 3630. The van der Waals surface area contributed by atoms with Gasteiger partial charge in [-0.05, 0) is 131 Å². The molecular weight excluding hydrogens is 767 g/mol. The van der Waals surface area contributed by atoms with E-state index in [4.69, 9.17) is 0 Å². The van der Waals surface area contributed by atoms with Crippen molar-refractivity contribution in [3.05, 3.63) is 237 Å². The van der Waals surface area contributed by atoms with Crippen LogP contribution in [0.5, 0.6) is 0 Å². The third kappa shape index (κ3) is 6.15. The minimum absolute atomic E-state index is 1.11. The van der Waals surface area contributed by atoms with Crippen molar-refractivity contribution in [1.82, 2.24) is 0 Å². The minimum atomic E-state index is 1.11. The van der Waals surface area contributed by atoms with E-state index in [0.29, 0.717) is 0 Å². The fourth-order valence-corrected chi connectivity index (χ4v) is 10.7. The summed E-state index contributed by atoms with van der Waals surface area (Å²) in [5.74, 6) is 0. The maximum absolute atomic E-state index is 2.47. The van der Waals surface area contributed by atoms with Crippen LogP contribution in [0.25, 0.3) is 97.0 Å². The molecule has 0 atom stereocenters. The Morgan fingerprint density at radius 2 is 0.790 bits per heavy atom. The number of hydrogen-bond donors (Lipinski definition) is 0. The van der Waals surface area contributed by atoms with Gasteiger partial charge in [0.1, 0.15) is 0 Å². The maximum Gasteiger partial charge on any atom is 0.0554 e. The minimum Gasteiger partial charge on any atom is -0.310 e. The van der Waals surface area contributed by atoms with Crippen LogP contribution >= 0.6 is 11.3 Å². The van der Waals surface area contributed by atoms with Crippen LogP contribution in [0.15, 0.2) is 237 Å². The van der Waals surface area contributed by atoms with Crippen molar-refractivity contribution in [1.29, 1.82) is 0 Å². The summed E-state index contributed by atoms with van der Waals surface area (Å²) < 4.78 is 2.57. The first-order valence-corrected chi connectivity index (χ1v) is 22.1. The Morgan fingerprint density at radius 3 is 1.56 bits per heavy atom. The highest BCUT2D eigenvalue weighted by Crippen LogP contribution is 2.48. The molecule has 0 aliphatic heterocycles. The van der Waals surface area contributed by atoms with Gasteiger partial charge in [-0.25, -0.2) is 0 Å². The summed E-state index contributed by atoms with van der Waals surface area (Å²) in [5, 5.41) is 9.99. The smallest absolute Gasteiger partial charge is 0.0554 e. The monoisotopic (exact) mass is 805 g/mol. The molecule has 1 heterocycles. The topological polar surface area (TPSA) is 3.24 Å². The van der Waals surface area contributed by atoms with Crippen LogP contribution in [0.3, 0.4) is 0 Å². The van der Waals surface area contributed by atoms with Crippen molar-refractivity contribution in [3.63, 3.8) is 0 Å². The molecule has 0 spiro atoms. The molecule has 0 aliphatic rings. The van der Waals surface area contributed by atoms with Gasteiger partial charge < -0.3 is 4.90 Å². The van der Waals surface area contributed by atoms with Gasteiger partial charge >= 0.3 is 0 Å². The molecule has 1 aromatic heterocycles. The molecule has 12 rings (SSSR count). The molecule has 1 nitrogen and oxygen atoms in total. The zero-order valence-corrected chi connectivity index (χ0v) is 34.7. The first-order chi connectivity index (χ1) is 30.7. The molecule has 0 radical (unpaired) electrons. The normalized spacial score (nSPS) is 11.5. The lowest BCUT2D eigenvalue weighted by atomic mass is 9.84. The molecule has 0 unspecified atom stereocenters. The van der Waals surface area contributed by atoms with E-state index in [1.54, 1.807) is 0 Å². The summed E-state index contributed by atoms with van der Waals surface area (Å²) in [6.07, 6.45) is 0. The van der Waals surface area contributed by atoms with Crippen molar-refractivity contribution in [2.75, 3.05) is 4.90 Å². The van der Waals surface area contributed by atoms with E-state index in [0.717, 1.165) is 11.4 Å². The van der Waals surface area contributed by atoms with E-state index in [1.807, 2.05) is 11.3 Å². The predicted molar refractivity (Wildman–Crippen MR) is 268 cm³/mol. The molecule has 0 saturated heterocycles. The second kappa shape index (κ2) is 15.0. The number of rotatable bonds is 7. The SMILES string of the molecule is c1ccc(-c2ccc3cc(N(c4cccc(-c5ccc6c(c5)c(-c5ccccc5)c(-c5ccccc5)c5ccccc56)c4)c4cccc5sc6ccccc6c45)ccc3c2)cc1. The van der Waals surface area contributed by atoms with Crippen molar-refractivity contribution in [2.24, 2.45) is 0 Å². The first-order valence-electron chi connectivity index (χ1n) is 21.2. The highest BCUT2D eigenvalue weighted by atomic mass is 32.1. The molecule has 0 fully saturated rings. The van der Waals surface area contributed by atoms with Crippen LogP contribution in [0.2, 0.25) is 0 Å². The van der Waals surface area contributed by atoms with E-state index in [-0.39, 0.29) is 0 Å². The van der Waals surface area contributed by atoms with Gasteiger partial charge in [0, 0.05) is 31.5 Å². The predicted octanol–water partition coefficient (Wildman–Crippen LogP) is 17.7. The standard InChI is InChI=1S/C60H39NS/c1-4-16-40(17-5-1)44-30-31-46-38-49(34-32-45(46)36-44)61(55-27-15-29-57-60(55)53-26-12-13-28-56(53)62-57)48-23-14-22-43(37-48)47-33-35-51-50-24-10-11-25-52(50)58(41-18-6-2-7-19-41)59(54(51)39-47)42-20-8-3-9-21-42/h1-39H. The molecule has 12 aromatic rings. The average Bonchev–Trinajstić information content (AvgIpc) is 3.74. The van der Waals surface area contributed by atoms with Crippen molar-refractivity contribution in [2.45, 2.75) is 0 Å². The number of nitrogens with zero attached hydrogens (tertiary/aromatic N) is 1. The van der Waals surface area contributed by atoms with Crippen LogP contribution in [0.4, 0.5) is 17.1 Å². The summed E-state index contributed by atoms with van der Waals surface area (Å²) in [7, 11) is 0. The molecular formula is C60H39NS. The van der Waals surface area contributed by atoms with E-state index in [2.05, 4.69) is 241 Å². The van der Waals surface area contributed by atoms with E-state index < -0.39 is 0 Å². The number of fused-ring (bicyclic) bond motifs is 7. The molecule has 290 valence electrons. The van der Waals surface area contributed by atoms with Gasteiger partial charge in [0.25, 0.3) is 0 Å². The summed E-state index contributed by atoms with van der Waals surface area (Å²) in [5.41, 5.74) is 13.1. The van der Waals surface area contributed by atoms with Crippen LogP contribution < -0.4 is 4.90 Å². The quantitative estimate of drug-likeness (QED) is 0.145. The van der Waals surface area contributed by atoms with Gasteiger partial charge in [0.2, 0.25) is 0 Å². The van der Waals surface area contributed by atoms with Gasteiger partial charge in [0.05, 0.1) is 5.69 Å². The average molecular weight is 806 g/mol. The zero-order chi connectivity index (χ0) is 41.0. The first kappa shape index (κ1) is 36.1. The number of anilines is 3.